The summed E-state index contributed by atoms with van der Waals surface area (Å²) < 4.78 is 16.6. The molecule has 0 fully saturated rings. The summed E-state index contributed by atoms with van der Waals surface area (Å²) in [5.74, 6) is 1.83. The number of hydrogen-bond donors (Lipinski definition) is 1. The number of anilines is 1. The molecule has 0 bridgehead atoms. The van der Waals surface area contributed by atoms with E-state index in [1.165, 1.54) is 0 Å². The Morgan fingerprint density at radius 1 is 0.970 bits per heavy atom. The molecule has 0 atom stereocenters. The number of aromatic nitrogens is 3. The first-order valence-corrected chi connectivity index (χ1v) is 10.7. The van der Waals surface area contributed by atoms with Gasteiger partial charge in [0, 0.05) is 29.2 Å². The topological polar surface area (TPSA) is 99.4 Å². The monoisotopic (exact) mass is 444 g/mol. The smallest absolute Gasteiger partial charge is 0.255 e. The molecule has 0 aliphatic rings. The Bertz CT molecular complexity index is 1220. The maximum absolute atomic E-state index is 13.0. The summed E-state index contributed by atoms with van der Waals surface area (Å²) in [4.78, 5) is 21.4. The fraction of sp³-hybridized carbons (Fsp3) is 0.200. The normalized spacial score (nSPS) is 10.6. The Labute approximate surface area is 191 Å². The highest BCUT2D eigenvalue weighted by atomic mass is 16.5. The molecular weight excluding hydrogens is 420 g/mol. The van der Waals surface area contributed by atoms with Gasteiger partial charge in [-0.05, 0) is 55.8 Å². The second-order valence-corrected chi connectivity index (χ2v) is 7.06. The average molecular weight is 444 g/mol. The molecule has 0 aliphatic carbocycles. The number of amides is 1. The number of nitrogens with zero attached hydrogens (tertiary/aromatic N) is 3. The molecule has 33 heavy (non-hydrogen) atoms. The van der Waals surface area contributed by atoms with Crippen molar-refractivity contribution >= 4 is 11.6 Å². The summed E-state index contributed by atoms with van der Waals surface area (Å²) in [5, 5.41) is 7.02. The van der Waals surface area contributed by atoms with Crippen LogP contribution >= 0.6 is 0 Å². The summed E-state index contributed by atoms with van der Waals surface area (Å²) in [6.07, 6.45) is 3.73. The van der Waals surface area contributed by atoms with Gasteiger partial charge in [-0.1, -0.05) is 23.4 Å². The van der Waals surface area contributed by atoms with Crippen molar-refractivity contribution in [3.63, 3.8) is 0 Å². The molecule has 4 aromatic rings. The molecule has 4 rings (SSSR count). The molecule has 1 N–H and O–H groups in total. The minimum Gasteiger partial charge on any atom is -0.490 e. The molecule has 2 aromatic carbocycles. The SMILES string of the molecule is CCOc1ccc(C(=O)Nc2ccccc2Cc2nc(-c3ccncc3)no2)cc1OCC. The van der Waals surface area contributed by atoms with E-state index in [-0.39, 0.29) is 5.91 Å². The van der Waals surface area contributed by atoms with Crippen molar-refractivity contribution in [2.24, 2.45) is 0 Å². The first-order valence-electron chi connectivity index (χ1n) is 10.7. The minimum atomic E-state index is -0.255. The highest BCUT2D eigenvalue weighted by Crippen LogP contribution is 2.29. The van der Waals surface area contributed by atoms with Crippen molar-refractivity contribution in [3.05, 3.63) is 84.0 Å². The van der Waals surface area contributed by atoms with E-state index in [1.807, 2.05) is 50.2 Å². The van der Waals surface area contributed by atoms with Crippen LogP contribution in [0.4, 0.5) is 5.69 Å². The zero-order valence-corrected chi connectivity index (χ0v) is 18.4. The van der Waals surface area contributed by atoms with E-state index in [0.717, 1.165) is 11.1 Å². The minimum absolute atomic E-state index is 0.255. The second-order valence-electron chi connectivity index (χ2n) is 7.06. The maximum atomic E-state index is 13.0. The number of pyridine rings is 1. The van der Waals surface area contributed by atoms with Crippen LogP contribution in [0.3, 0.4) is 0 Å². The number of para-hydroxylation sites is 1. The third kappa shape index (κ3) is 5.35. The summed E-state index contributed by atoms with van der Waals surface area (Å²) in [6, 6.07) is 16.3. The van der Waals surface area contributed by atoms with E-state index in [4.69, 9.17) is 14.0 Å². The Hall–Kier alpha value is -4.20. The van der Waals surface area contributed by atoms with Gasteiger partial charge in [0.25, 0.3) is 5.91 Å². The molecule has 1 amide bonds. The summed E-state index contributed by atoms with van der Waals surface area (Å²) in [5.41, 5.74) is 2.81. The lowest BCUT2D eigenvalue weighted by Crippen LogP contribution is -2.14. The van der Waals surface area contributed by atoms with Crippen molar-refractivity contribution in [2.45, 2.75) is 20.3 Å². The van der Waals surface area contributed by atoms with Gasteiger partial charge in [0.05, 0.1) is 19.6 Å². The van der Waals surface area contributed by atoms with Crippen molar-refractivity contribution in [1.29, 1.82) is 0 Å². The molecule has 2 heterocycles. The molecule has 168 valence electrons. The largest absolute Gasteiger partial charge is 0.490 e. The number of ether oxygens (including phenoxy) is 2. The molecule has 8 heteroatoms. The van der Waals surface area contributed by atoms with Crippen molar-refractivity contribution in [2.75, 3.05) is 18.5 Å². The number of rotatable bonds is 9. The fourth-order valence-corrected chi connectivity index (χ4v) is 3.29. The highest BCUT2D eigenvalue weighted by Gasteiger charge is 2.15. The van der Waals surface area contributed by atoms with E-state index < -0.39 is 0 Å². The van der Waals surface area contributed by atoms with Crippen molar-refractivity contribution < 1.29 is 18.8 Å². The first kappa shape index (κ1) is 22.0. The average Bonchev–Trinajstić information content (AvgIpc) is 3.31. The summed E-state index contributed by atoms with van der Waals surface area (Å²) in [6.45, 7) is 4.77. The van der Waals surface area contributed by atoms with Crippen LogP contribution in [0.2, 0.25) is 0 Å². The Balaban J connectivity index is 1.52. The zero-order valence-electron chi connectivity index (χ0n) is 18.4. The molecule has 0 radical (unpaired) electrons. The third-order valence-corrected chi connectivity index (χ3v) is 4.82. The summed E-state index contributed by atoms with van der Waals surface area (Å²) >= 11 is 0. The molecular formula is C25H24N4O4. The van der Waals surface area contributed by atoms with E-state index in [0.29, 0.717) is 54.1 Å². The van der Waals surface area contributed by atoms with Crippen molar-refractivity contribution in [3.8, 4) is 22.9 Å². The van der Waals surface area contributed by atoms with E-state index in [9.17, 15) is 4.79 Å². The van der Waals surface area contributed by atoms with Gasteiger partial charge in [-0.3, -0.25) is 9.78 Å². The zero-order chi connectivity index (χ0) is 23.0. The van der Waals surface area contributed by atoms with Crippen molar-refractivity contribution in [1.82, 2.24) is 15.1 Å². The van der Waals surface area contributed by atoms with Crippen LogP contribution in [0.5, 0.6) is 11.5 Å². The summed E-state index contributed by atoms with van der Waals surface area (Å²) in [7, 11) is 0. The van der Waals surface area contributed by atoms with E-state index >= 15 is 0 Å². The molecule has 0 saturated heterocycles. The number of nitrogens with one attached hydrogen (secondary N) is 1. The lowest BCUT2D eigenvalue weighted by molar-refractivity contribution is 0.102. The fourth-order valence-electron chi connectivity index (χ4n) is 3.29. The third-order valence-electron chi connectivity index (χ3n) is 4.82. The number of carbonyl (C=O) groups is 1. The standard InChI is InChI=1S/C25H24N4O4/c1-3-31-21-10-9-19(15-22(21)32-4-2)25(30)27-20-8-6-5-7-18(20)16-23-28-24(29-33-23)17-11-13-26-14-12-17/h5-15H,3-4,16H2,1-2H3,(H,27,30). The van der Waals surface area contributed by atoms with Crippen LogP contribution in [0.25, 0.3) is 11.4 Å². The van der Waals surface area contributed by atoms with Gasteiger partial charge in [-0.2, -0.15) is 4.98 Å². The van der Waals surface area contributed by atoms with E-state index in [2.05, 4.69) is 20.4 Å². The van der Waals surface area contributed by atoms with Crippen LogP contribution in [0, 0.1) is 0 Å². The van der Waals surface area contributed by atoms with Crippen LogP contribution in [0.15, 0.2) is 71.5 Å². The molecule has 0 unspecified atom stereocenters. The van der Waals surface area contributed by atoms with Gasteiger partial charge in [0.2, 0.25) is 11.7 Å². The van der Waals surface area contributed by atoms with Crippen LogP contribution in [-0.2, 0) is 6.42 Å². The number of hydrogen-bond acceptors (Lipinski definition) is 7. The quantitative estimate of drug-likeness (QED) is 0.397. The van der Waals surface area contributed by atoms with Crippen LogP contribution in [-0.4, -0.2) is 34.2 Å². The van der Waals surface area contributed by atoms with Gasteiger partial charge >= 0.3 is 0 Å². The molecule has 0 aliphatic heterocycles. The molecule has 0 spiro atoms. The Morgan fingerprint density at radius 3 is 2.52 bits per heavy atom. The van der Waals surface area contributed by atoms with E-state index in [1.54, 1.807) is 30.6 Å². The van der Waals surface area contributed by atoms with Gasteiger partial charge in [-0.15, -0.1) is 0 Å². The predicted octanol–water partition coefficient (Wildman–Crippen LogP) is 4.77. The predicted molar refractivity (Wildman–Crippen MR) is 124 cm³/mol. The van der Waals surface area contributed by atoms with Crippen LogP contribution in [0.1, 0.15) is 35.7 Å². The highest BCUT2D eigenvalue weighted by molar-refractivity contribution is 6.05. The Kier molecular flexibility index (Phi) is 6.94. The second kappa shape index (κ2) is 10.4. The van der Waals surface area contributed by atoms with Gasteiger partial charge < -0.3 is 19.3 Å². The number of benzene rings is 2. The Morgan fingerprint density at radius 2 is 1.73 bits per heavy atom. The van der Waals surface area contributed by atoms with Gasteiger partial charge in [0.1, 0.15) is 0 Å². The number of carbonyl (C=O) groups excluding carboxylic acids is 1. The van der Waals surface area contributed by atoms with Gasteiger partial charge in [0.15, 0.2) is 11.5 Å². The van der Waals surface area contributed by atoms with Crippen LogP contribution < -0.4 is 14.8 Å². The lowest BCUT2D eigenvalue weighted by Gasteiger charge is -2.13. The maximum Gasteiger partial charge on any atom is 0.255 e. The first-order chi connectivity index (χ1) is 16.2. The molecule has 2 aromatic heterocycles. The lowest BCUT2D eigenvalue weighted by atomic mass is 10.1. The van der Waals surface area contributed by atoms with Gasteiger partial charge in [-0.25, -0.2) is 0 Å². The molecule has 0 saturated carbocycles. The molecule has 8 nitrogen and oxygen atoms in total.